The van der Waals surface area contributed by atoms with E-state index >= 15 is 0 Å². The number of nitrogens with one attached hydrogen (secondary N) is 1. The lowest BCUT2D eigenvalue weighted by Crippen LogP contribution is -2.39. The first kappa shape index (κ1) is 15.9. The zero-order chi connectivity index (χ0) is 16.0. The molecule has 0 aliphatic rings. The van der Waals surface area contributed by atoms with E-state index in [0.717, 1.165) is 17.0 Å². The number of rotatable bonds is 5. The van der Waals surface area contributed by atoms with E-state index in [1.54, 1.807) is 0 Å². The molecule has 0 bridgehead atoms. The van der Waals surface area contributed by atoms with E-state index in [4.69, 9.17) is 11.5 Å². The van der Waals surface area contributed by atoms with Gasteiger partial charge in [0, 0.05) is 6.07 Å². The number of carboxylic acids is 1. The Hall–Kier alpha value is -3.15. The highest BCUT2D eigenvalue weighted by Gasteiger charge is 2.18. The maximum Gasteiger partial charge on any atom is 0.323 e. The third-order valence-corrected chi connectivity index (χ3v) is 2.30. The van der Waals surface area contributed by atoms with Gasteiger partial charge < -0.3 is 15.3 Å². The van der Waals surface area contributed by atoms with E-state index < -0.39 is 35.0 Å². The number of carboxylic acid groups (broad SMARTS) is 1. The molecule has 21 heavy (non-hydrogen) atoms. The molecule has 1 aromatic carbocycles. The molecule has 0 fully saturated rings. The zero-order valence-electron chi connectivity index (χ0n) is 10.6. The van der Waals surface area contributed by atoms with Crippen molar-refractivity contribution in [2.75, 3.05) is 18.4 Å². The fourth-order valence-corrected chi connectivity index (χ4v) is 1.39. The van der Waals surface area contributed by atoms with Crippen LogP contribution in [0.15, 0.2) is 18.2 Å². The molecule has 0 saturated carbocycles. The molecular formula is C12H10FN3O5. The smallest absolute Gasteiger partial charge is 0.323 e. The van der Waals surface area contributed by atoms with Gasteiger partial charge in [-0.25, -0.2) is 9.18 Å². The standard InChI is InChI=1S/C12H10FN3O5/c1-2-5-15(7-11(17)18)12(19)14-10-4-3-8(16(20)21)6-9(10)13/h1,3-4,6H,5,7H2,(H,14,19)(H,17,18). The fraction of sp³-hybridized carbons (Fsp3) is 0.167. The van der Waals surface area contributed by atoms with Crippen LogP contribution in [0.5, 0.6) is 0 Å². The highest BCUT2D eigenvalue weighted by molar-refractivity contribution is 5.91. The lowest BCUT2D eigenvalue weighted by atomic mass is 10.2. The summed E-state index contributed by atoms with van der Waals surface area (Å²) in [6.07, 6.45) is 5.01. The first-order chi connectivity index (χ1) is 9.85. The molecule has 9 heteroatoms. The Morgan fingerprint density at radius 1 is 1.52 bits per heavy atom. The molecule has 0 unspecified atom stereocenters. The number of non-ortho nitro benzene ring substituents is 1. The number of halogens is 1. The van der Waals surface area contributed by atoms with Crippen LogP contribution in [0.4, 0.5) is 20.6 Å². The van der Waals surface area contributed by atoms with Gasteiger partial charge in [-0.3, -0.25) is 14.9 Å². The van der Waals surface area contributed by atoms with Crippen molar-refractivity contribution in [2.24, 2.45) is 0 Å². The zero-order valence-corrected chi connectivity index (χ0v) is 10.6. The number of anilines is 1. The number of hydrogen-bond acceptors (Lipinski definition) is 4. The van der Waals surface area contributed by atoms with Crippen molar-refractivity contribution < 1.29 is 24.0 Å². The van der Waals surface area contributed by atoms with Gasteiger partial charge in [-0.2, -0.15) is 0 Å². The second-order valence-electron chi connectivity index (χ2n) is 3.81. The van der Waals surface area contributed by atoms with E-state index in [9.17, 15) is 24.1 Å². The highest BCUT2D eigenvalue weighted by atomic mass is 19.1. The molecule has 0 aliphatic heterocycles. The second kappa shape index (κ2) is 6.85. The van der Waals surface area contributed by atoms with Crippen LogP contribution in [0.3, 0.4) is 0 Å². The van der Waals surface area contributed by atoms with Crippen molar-refractivity contribution in [3.05, 3.63) is 34.1 Å². The van der Waals surface area contributed by atoms with Gasteiger partial charge in [-0.05, 0) is 6.07 Å². The van der Waals surface area contributed by atoms with E-state index in [1.165, 1.54) is 0 Å². The Balaban J connectivity index is 2.88. The number of aliphatic carboxylic acids is 1. The van der Waals surface area contributed by atoms with Crippen LogP contribution in [-0.4, -0.2) is 40.0 Å². The topological polar surface area (TPSA) is 113 Å². The average molecular weight is 295 g/mol. The molecule has 0 heterocycles. The van der Waals surface area contributed by atoms with Gasteiger partial charge in [-0.15, -0.1) is 6.42 Å². The van der Waals surface area contributed by atoms with Crippen molar-refractivity contribution in [3.63, 3.8) is 0 Å². The van der Waals surface area contributed by atoms with Crippen LogP contribution in [0.2, 0.25) is 0 Å². The number of carbonyl (C=O) groups is 2. The SMILES string of the molecule is C#CCN(CC(=O)O)C(=O)Nc1ccc([N+](=O)[O-])cc1F. The number of hydrogen-bond donors (Lipinski definition) is 2. The van der Waals surface area contributed by atoms with E-state index in [-0.39, 0.29) is 12.2 Å². The molecule has 1 aromatic rings. The number of benzene rings is 1. The fourth-order valence-electron chi connectivity index (χ4n) is 1.39. The minimum absolute atomic E-state index is 0.285. The maximum absolute atomic E-state index is 13.6. The monoisotopic (exact) mass is 295 g/mol. The van der Waals surface area contributed by atoms with Crippen molar-refractivity contribution in [1.29, 1.82) is 0 Å². The summed E-state index contributed by atoms with van der Waals surface area (Å²) < 4.78 is 13.6. The number of nitro groups is 1. The maximum atomic E-state index is 13.6. The number of urea groups is 1. The summed E-state index contributed by atoms with van der Waals surface area (Å²) in [6, 6.07) is 1.71. The predicted molar refractivity (Wildman–Crippen MR) is 70.1 cm³/mol. The van der Waals surface area contributed by atoms with Crippen LogP contribution in [-0.2, 0) is 4.79 Å². The number of terminal acetylenes is 1. The van der Waals surface area contributed by atoms with E-state index in [1.807, 2.05) is 0 Å². The molecule has 0 saturated heterocycles. The summed E-state index contributed by atoms with van der Waals surface area (Å²) >= 11 is 0. The van der Waals surface area contributed by atoms with Crippen LogP contribution in [0, 0.1) is 28.3 Å². The predicted octanol–water partition coefficient (Wildman–Crippen LogP) is 1.29. The summed E-state index contributed by atoms with van der Waals surface area (Å²) in [7, 11) is 0. The molecule has 2 amide bonds. The number of nitro benzene ring substituents is 1. The normalized spacial score (nSPS) is 9.52. The van der Waals surface area contributed by atoms with Crippen LogP contribution in [0.1, 0.15) is 0 Å². The molecule has 0 atom stereocenters. The number of amides is 2. The Bertz CT molecular complexity index is 626. The summed E-state index contributed by atoms with van der Waals surface area (Å²) in [5, 5.41) is 21.2. The van der Waals surface area contributed by atoms with Crippen molar-refractivity contribution in [1.82, 2.24) is 4.90 Å². The Kier molecular flexibility index (Phi) is 5.19. The first-order valence-electron chi connectivity index (χ1n) is 5.50. The third kappa shape index (κ3) is 4.46. The molecule has 8 nitrogen and oxygen atoms in total. The highest BCUT2D eigenvalue weighted by Crippen LogP contribution is 2.20. The Morgan fingerprint density at radius 2 is 2.19 bits per heavy atom. The van der Waals surface area contributed by atoms with Crippen LogP contribution in [0.25, 0.3) is 0 Å². The average Bonchev–Trinajstić information content (AvgIpc) is 2.39. The minimum atomic E-state index is -1.29. The van der Waals surface area contributed by atoms with Gasteiger partial charge in [-0.1, -0.05) is 5.92 Å². The van der Waals surface area contributed by atoms with Crippen molar-refractivity contribution in [3.8, 4) is 12.3 Å². The molecule has 0 aromatic heterocycles. The number of carbonyl (C=O) groups excluding carboxylic acids is 1. The largest absolute Gasteiger partial charge is 0.480 e. The van der Waals surface area contributed by atoms with Gasteiger partial charge in [0.15, 0.2) is 5.82 Å². The minimum Gasteiger partial charge on any atom is -0.480 e. The first-order valence-corrected chi connectivity index (χ1v) is 5.50. The Morgan fingerprint density at radius 3 is 2.67 bits per heavy atom. The lowest BCUT2D eigenvalue weighted by Gasteiger charge is -2.18. The third-order valence-electron chi connectivity index (χ3n) is 2.30. The number of nitrogens with zero attached hydrogens (tertiary/aromatic N) is 2. The van der Waals surface area contributed by atoms with Gasteiger partial charge in [0.25, 0.3) is 5.69 Å². The van der Waals surface area contributed by atoms with E-state index in [2.05, 4.69) is 11.2 Å². The lowest BCUT2D eigenvalue weighted by molar-refractivity contribution is -0.385. The van der Waals surface area contributed by atoms with Crippen LogP contribution >= 0.6 is 0 Å². The molecule has 2 N–H and O–H groups in total. The second-order valence-corrected chi connectivity index (χ2v) is 3.81. The van der Waals surface area contributed by atoms with E-state index in [0.29, 0.717) is 6.07 Å². The molecule has 110 valence electrons. The van der Waals surface area contributed by atoms with Gasteiger partial charge in [0.1, 0.15) is 6.54 Å². The summed E-state index contributed by atoms with van der Waals surface area (Å²) in [5.74, 6) is -0.210. The summed E-state index contributed by atoms with van der Waals surface area (Å²) in [4.78, 5) is 32.8. The van der Waals surface area contributed by atoms with Gasteiger partial charge in [0.2, 0.25) is 0 Å². The molecule has 1 rings (SSSR count). The van der Waals surface area contributed by atoms with Crippen molar-refractivity contribution in [2.45, 2.75) is 0 Å². The molecule has 0 spiro atoms. The summed E-state index contributed by atoms with van der Waals surface area (Å²) in [5.41, 5.74) is -0.797. The molecule has 0 aliphatic carbocycles. The van der Waals surface area contributed by atoms with Gasteiger partial charge in [0.05, 0.1) is 23.2 Å². The quantitative estimate of drug-likeness (QED) is 0.482. The molecular weight excluding hydrogens is 285 g/mol. The summed E-state index contributed by atoms with van der Waals surface area (Å²) in [6.45, 7) is -0.947. The van der Waals surface area contributed by atoms with Gasteiger partial charge >= 0.3 is 12.0 Å². The molecule has 0 radical (unpaired) electrons. The Labute approximate surface area is 118 Å². The van der Waals surface area contributed by atoms with Crippen molar-refractivity contribution >= 4 is 23.4 Å². The van der Waals surface area contributed by atoms with Crippen LogP contribution < -0.4 is 5.32 Å².